The molecule has 1 aliphatic heterocycles. The van der Waals surface area contributed by atoms with Crippen molar-refractivity contribution in [3.05, 3.63) is 29.8 Å². The molecule has 1 atom stereocenters. The molecular formula is C17H25NO4S. The van der Waals surface area contributed by atoms with Crippen molar-refractivity contribution >= 4 is 15.7 Å². The molecule has 2 rings (SSSR count). The van der Waals surface area contributed by atoms with Gasteiger partial charge in [0.1, 0.15) is 0 Å². The normalized spacial score (nSPS) is 18.0. The molecule has 1 aliphatic rings. The molecule has 0 saturated carbocycles. The van der Waals surface area contributed by atoms with Crippen LogP contribution in [0.15, 0.2) is 29.2 Å². The Morgan fingerprint density at radius 1 is 1.26 bits per heavy atom. The van der Waals surface area contributed by atoms with Gasteiger partial charge in [0.15, 0.2) is 9.84 Å². The minimum Gasteiger partial charge on any atom is -0.378 e. The molecule has 1 fully saturated rings. The van der Waals surface area contributed by atoms with Crippen molar-refractivity contribution in [1.82, 2.24) is 5.32 Å². The molecule has 23 heavy (non-hydrogen) atoms. The van der Waals surface area contributed by atoms with E-state index in [0.717, 1.165) is 37.9 Å². The van der Waals surface area contributed by atoms with Gasteiger partial charge in [-0.3, -0.25) is 4.79 Å². The minimum absolute atomic E-state index is 0.0331. The summed E-state index contributed by atoms with van der Waals surface area (Å²) in [6.45, 7) is 1.56. The van der Waals surface area contributed by atoms with Crippen LogP contribution in [-0.4, -0.2) is 39.8 Å². The summed E-state index contributed by atoms with van der Waals surface area (Å²) in [5.74, 6) is -0.0331. The number of hydrogen-bond donors (Lipinski definition) is 1. The maximum absolute atomic E-state index is 11.9. The lowest BCUT2D eigenvalue weighted by molar-refractivity contribution is -0.120. The number of ether oxygens (including phenoxy) is 1. The largest absolute Gasteiger partial charge is 0.378 e. The molecule has 0 radical (unpaired) electrons. The summed E-state index contributed by atoms with van der Waals surface area (Å²) in [5, 5.41) is 2.90. The van der Waals surface area contributed by atoms with E-state index >= 15 is 0 Å². The van der Waals surface area contributed by atoms with Gasteiger partial charge < -0.3 is 10.1 Å². The molecule has 1 saturated heterocycles. The summed E-state index contributed by atoms with van der Waals surface area (Å²) in [6.07, 6.45) is 7.28. The van der Waals surface area contributed by atoms with Crippen molar-refractivity contribution in [2.24, 2.45) is 0 Å². The molecule has 0 aromatic heterocycles. The highest BCUT2D eigenvalue weighted by atomic mass is 32.2. The average molecular weight is 339 g/mol. The standard InChI is InChI=1S/C17H25NO4S/c1-23(20,21)16-9-7-14(8-10-16)13-17(19)18-11-3-2-5-15-6-4-12-22-15/h7-10,15H,2-6,11-13H2,1H3,(H,18,19). The SMILES string of the molecule is CS(=O)(=O)c1ccc(CC(=O)NCCCCC2CCCO2)cc1. The fraction of sp³-hybridized carbons (Fsp3) is 0.588. The smallest absolute Gasteiger partial charge is 0.224 e. The molecule has 1 N–H and O–H groups in total. The van der Waals surface area contributed by atoms with Crippen molar-refractivity contribution in [2.45, 2.75) is 49.5 Å². The van der Waals surface area contributed by atoms with Gasteiger partial charge in [-0.15, -0.1) is 0 Å². The lowest BCUT2D eigenvalue weighted by atomic mass is 10.1. The van der Waals surface area contributed by atoms with Crippen LogP contribution in [0.5, 0.6) is 0 Å². The molecule has 0 bridgehead atoms. The first kappa shape index (κ1) is 17.9. The van der Waals surface area contributed by atoms with Crippen LogP contribution >= 0.6 is 0 Å². The van der Waals surface area contributed by atoms with Gasteiger partial charge in [-0.1, -0.05) is 12.1 Å². The van der Waals surface area contributed by atoms with Gasteiger partial charge in [-0.25, -0.2) is 8.42 Å². The molecular weight excluding hydrogens is 314 g/mol. The van der Waals surface area contributed by atoms with Crippen LogP contribution in [-0.2, 0) is 25.8 Å². The highest BCUT2D eigenvalue weighted by Gasteiger charge is 2.14. The molecule has 1 aromatic rings. The van der Waals surface area contributed by atoms with Crippen molar-refractivity contribution in [1.29, 1.82) is 0 Å². The molecule has 128 valence electrons. The number of rotatable bonds is 8. The Labute approximate surface area is 138 Å². The van der Waals surface area contributed by atoms with Crippen LogP contribution in [0.3, 0.4) is 0 Å². The first-order valence-electron chi connectivity index (χ1n) is 8.12. The van der Waals surface area contributed by atoms with Crippen molar-refractivity contribution < 1.29 is 17.9 Å². The predicted octanol–water partition coefficient (Wildman–Crippen LogP) is 2.10. The fourth-order valence-corrected chi connectivity index (χ4v) is 3.33. The Morgan fingerprint density at radius 3 is 2.61 bits per heavy atom. The van der Waals surface area contributed by atoms with Crippen LogP contribution in [0.25, 0.3) is 0 Å². The lowest BCUT2D eigenvalue weighted by Crippen LogP contribution is -2.26. The lowest BCUT2D eigenvalue weighted by Gasteiger charge is -2.09. The predicted molar refractivity (Wildman–Crippen MR) is 89.1 cm³/mol. The van der Waals surface area contributed by atoms with Gasteiger partial charge >= 0.3 is 0 Å². The van der Waals surface area contributed by atoms with E-state index in [1.807, 2.05) is 0 Å². The van der Waals surface area contributed by atoms with E-state index in [-0.39, 0.29) is 17.2 Å². The summed E-state index contributed by atoms with van der Waals surface area (Å²) in [7, 11) is -3.19. The monoisotopic (exact) mass is 339 g/mol. The number of unbranched alkanes of at least 4 members (excludes halogenated alkanes) is 1. The quantitative estimate of drug-likeness (QED) is 0.736. The molecule has 1 heterocycles. The molecule has 1 unspecified atom stereocenters. The number of sulfone groups is 1. The highest BCUT2D eigenvalue weighted by Crippen LogP contribution is 2.17. The Hall–Kier alpha value is -1.40. The minimum atomic E-state index is -3.19. The summed E-state index contributed by atoms with van der Waals surface area (Å²) in [4.78, 5) is 12.1. The number of nitrogens with one attached hydrogen (secondary N) is 1. The van der Waals surface area contributed by atoms with Gasteiger partial charge in [0.2, 0.25) is 5.91 Å². The summed E-state index contributed by atoms with van der Waals surface area (Å²) < 4.78 is 28.3. The van der Waals surface area contributed by atoms with E-state index in [2.05, 4.69) is 5.32 Å². The fourth-order valence-electron chi connectivity index (χ4n) is 2.70. The zero-order chi connectivity index (χ0) is 16.7. The van der Waals surface area contributed by atoms with Crippen LogP contribution in [0.4, 0.5) is 0 Å². The number of benzene rings is 1. The summed E-state index contributed by atoms with van der Waals surface area (Å²) in [6, 6.07) is 6.46. The Morgan fingerprint density at radius 2 is 2.00 bits per heavy atom. The average Bonchev–Trinajstić information content (AvgIpc) is 3.00. The Bertz CT molecular complexity index is 604. The third-order valence-corrected chi connectivity index (χ3v) is 5.14. The van der Waals surface area contributed by atoms with Crippen LogP contribution in [0, 0.1) is 0 Å². The van der Waals surface area contributed by atoms with Crippen molar-refractivity contribution in [3.63, 3.8) is 0 Å². The van der Waals surface area contributed by atoms with Crippen molar-refractivity contribution in [3.8, 4) is 0 Å². The van der Waals surface area contributed by atoms with E-state index in [1.165, 1.54) is 12.7 Å². The topological polar surface area (TPSA) is 72.5 Å². The van der Waals surface area contributed by atoms with E-state index in [9.17, 15) is 13.2 Å². The van der Waals surface area contributed by atoms with Crippen LogP contribution in [0.1, 0.15) is 37.7 Å². The van der Waals surface area contributed by atoms with Crippen LogP contribution < -0.4 is 5.32 Å². The summed E-state index contributed by atoms with van der Waals surface area (Å²) in [5.41, 5.74) is 0.814. The van der Waals surface area contributed by atoms with E-state index in [4.69, 9.17) is 4.74 Å². The molecule has 1 amide bonds. The number of carbonyl (C=O) groups is 1. The molecule has 5 nitrogen and oxygen atoms in total. The van der Waals surface area contributed by atoms with Gasteiger partial charge in [-0.2, -0.15) is 0 Å². The Balaban J connectivity index is 1.64. The van der Waals surface area contributed by atoms with E-state index < -0.39 is 9.84 Å². The Kier molecular flexibility index (Phi) is 6.59. The van der Waals surface area contributed by atoms with Gasteiger partial charge in [0.25, 0.3) is 0 Å². The first-order chi connectivity index (χ1) is 10.9. The number of carbonyl (C=O) groups excluding carboxylic acids is 1. The second-order valence-electron chi connectivity index (χ2n) is 6.07. The maximum Gasteiger partial charge on any atom is 0.224 e. The molecule has 1 aromatic carbocycles. The summed E-state index contributed by atoms with van der Waals surface area (Å²) >= 11 is 0. The highest BCUT2D eigenvalue weighted by molar-refractivity contribution is 7.90. The van der Waals surface area contributed by atoms with Crippen LogP contribution in [0.2, 0.25) is 0 Å². The van der Waals surface area contributed by atoms with E-state index in [0.29, 0.717) is 12.6 Å². The molecule has 0 aliphatic carbocycles. The van der Waals surface area contributed by atoms with Gasteiger partial charge in [0, 0.05) is 19.4 Å². The zero-order valence-corrected chi connectivity index (χ0v) is 14.4. The first-order valence-corrected chi connectivity index (χ1v) is 10.0. The van der Waals surface area contributed by atoms with Gasteiger partial charge in [-0.05, 0) is 49.8 Å². The molecule has 0 spiro atoms. The maximum atomic E-state index is 11.9. The zero-order valence-electron chi connectivity index (χ0n) is 13.6. The third kappa shape index (κ3) is 6.31. The number of hydrogen-bond acceptors (Lipinski definition) is 4. The second-order valence-corrected chi connectivity index (χ2v) is 8.09. The third-order valence-electron chi connectivity index (χ3n) is 4.02. The van der Waals surface area contributed by atoms with Gasteiger partial charge in [0.05, 0.1) is 17.4 Å². The van der Waals surface area contributed by atoms with Crippen molar-refractivity contribution in [2.75, 3.05) is 19.4 Å². The number of amides is 1. The second kappa shape index (κ2) is 8.45. The molecule has 6 heteroatoms. The van der Waals surface area contributed by atoms with E-state index in [1.54, 1.807) is 24.3 Å².